The first-order valence-corrected chi connectivity index (χ1v) is 6.66. The van der Waals surface area contributed by atoms with Crippen LogP contribution in [0, 0.1) is 5.92 Å². The predicted octanol–water partition coefficient (Wildman–Crippen LogP) is 1.90. The van der Waals surface area contributed by atoms with Crippen molar-refractivity contribution >= 4 is 16.7 Å². The third kappa shape index (κ3) is 2.24. The molecule has 0 aliphatic carbocycles. The Bertz CT molecular complexity index is 603. The van der Waals surface area contributed by atoms with Crippen LogP contribution in [-0.4, -0.2) is 31.0 Å². The lowest BCUT2D eigenvalue weighted by Gasteiger charge is -2.21. The molecular formula is C15H18N2O2. The fourth-order valence-corrected chi connectivity index (χ4v) is 2.78. The first-order valence-electron chi connectivity index (χ1n) is 6.66. The SMILES string of the molecule is COc1cccc2c(CC3CNCCC3=O)c[nH]c12. The molecule has 2 aromatic rings. The van der Waals surface area contributed by atoms with Gasteiger partial charge < -0.3 is 15.0 Å². The molecule has 4 nitrogen and oxygen atoms in total. The highest BCUT2D eigenvalue weighted by atomic mass is 16.5. The van der Waals surface area contributed by atoms with Gasteiger partial charge in [0.05, 0.1) is 12.6 Å². The third-order valence-electron chi connectivity index (χ3n) is 3.84. The molecule has 100 valence electrons. The molecule has 0 saturated carbocycles. The summed E-state index contributed by atoms with van der Waals surface area (Å²) in [7, 11) is 1.67. The van der Waals surface area contributed by atoms with E-state index in [1.54, 1.807) is 7.11 Å². The molecule has 1 fully saturated rings. The summed E-state index contributed by atoms with van der Waals surface area (Å²) in [6.45, 7) is 1.60. The minimum Gasteiger partial charge on any atom is -0.495 e. The maximum Gasteiger partial charge on any atom is 0.142 e. The Morgan fingerprint density at radius 1 is 1.42 bits per heavy atom. The number of aromatic nitrogens is 1. The quantitative estimate of drug-likeness (QED) is 0.884. The Hall–Kier alpha value is -1.81. The van der Waals surface area contributed by atoms with Crippen LogP contribution in [-0.2, 0) is 11.2 Å². The van der Waals surface area contributed by atoms with Crippen molar-refractivity contribution in [1.29, 1.82) is 0 Å². The summed E-state index contributed by atoms with van der Waals surface area (Å²) in [6, 6.07) is 6.00. The fourth-order valence-electron chi connectivity index (χ4n) is 2.78. The smallest absolute Gasteiger partial charge is 0.142 e. The number of ether oxygens (including phenoxy) is 1. The number of hydrogen-bond acceptors (Lipinski definition) is 3. The Labute approximate surface area is 112 Å². The molecule has 2 heterocycles. The maximum atomic E-state index is 11.9. The van der Waals surface area contributed by atoms with Gasteiger partial charge in [0.1, 0.15) is 11.5 Å². The number of rotatable bonds is 3. The number of para-hydroxylation sites is 1. The van der Waals surface area contributed by atoms with E-state index in [4.69, 9.17) is 4.74 Å². The Balaban J connectivity index is 1.91. The molecular weight excluding hydrogens is 240 g/mol. The first-order chi connectivity index (χ1) is 9.29. The van der Waals surface area contributed by atoms with Gasteiger partial charge >= 0.3 is 0 Å². The average Bonchev–Trinajstić information content (AvgIpc) is 2.84. The van der Waals surface area contributed by atoms with Crippen LogP contribution in [0.3, 0.4) is 0 Å². The number of fused-ring (bicyclic) bond motifs is 1. The normalized spacial score (nSPS) is 19.8. The molecule has 1 unspecified atom stereocenters. The van der Waals surface area contributed by atoms with Gasteiger partial charge in [0.25, 0.3) is 0 Å². The number of piperidine rings is 1. The lowest BCUT2D eigenvalue weighted by Crippen LogP contribution is -2.37. The van der Waals surface area contributed by atoms with Crippen LogP contribution >= 0.6 is 0 Å². The number of nitrogens with one attached hydrogen (secondary N) is 2. The second kappa shape index (κ2) is 5.05. The number of carbonyl (C=O) groups excluding carboxylic acids is 1. The number of H-pyrrole nitrogens is 1. The summed E-state index contributed by atoms with van der Waals surface area (Å²) < 4.78 is 5.34. The van der Waals surface area contributed by atoms with E-state index in [0.29, 0.717) is 12.2 Å². The monoisotopic (exact) mass is 258 g/mol. The number of Topliss-reactive ketones (excluding diaryl/α,β-unsaturated/α-hetero) is 1. The summed E-state index contributed by atoms with van der Waals surface area (Å²) >= 11 is 0. The largest absolute Gasteiger partial charge is 0.495 e. The average molecular weight is 258 g/mol. The third-order valence-corrected chi connectivity index (χ3v) is 3.84. The van der Waals surface area contributed by atoms with Gasteiger partial charge in [-0.3, -0.25) is 4.79 Å². The molecule has 0 amide bonds. The van der Waals surface area contributed by atoms with Crippen LogP contribution < -0.4 is 10.1 Å². The van der Waals surface area contributed by atoms with Crippen LogP contribution in [0.5, 0.6) is 5.75 Å². The van der Waals surface area contributed by atoms with Gasteiger partial charge in [-0.2, -0.15) is 0 Å². The molecule has 1 aliphatic rings. The van der Waals surface area contributed by atoms with Crippen molar-refractivity contribution in [1.82, 2.24) is 10.3 Å². The van der Waals surface area contributed by atoms with Crippen LogP contribution in [0.25, 0.3) is 10.9 Å². The van der Waals surface area contributed by atoms with Gasteiger partial charge in [0.2, 0.25) is 0 Å². The van der Waals surface area contributed by atoms with Crippen molar-refractivity contribution in [3.05, 3.63) is 30.0 Å². The highest BCUT2D eigenvalue weighted by Gasteiger charge is 2.23. The van der Waals surface area contributed by atoms with Gasteiger partial charge in [0, 0.05) is 37.0 Å². The van der Waals surface area contributed by atoms with Crippen LogP contribution in [0.2, 0.25) is 0 Å². The molecule has 0 radical (unpaired) electrons. The Morgan fingerprint density at radius 3 is 3.11 bits per heavy atom. The Kier molecular flexibility index (Phi) is 3.25. The first kappa shape index (κ1) is 12.2. The van der Waals surface area contributed by atoms with Gasteiger partial charge in [0.15, 0.2) is 0 Å². The summed E-state index contributed by atoms with van der Waals surface area (Å²) in [4.78, 5) is 15.2. The van der Waals surface area contributed by atoms with E-state index in [1.807, 2.05) is 18.3 Å². The second-order valence-corrected chi connectivity index (χ2v) is 5.02. The van der Waals surface area contributed by atoms with E-state index in [1.165, 1.54) is 5.56 Å². The molecule has 1 aromatic heterocycles. The van der Waals surface area contributed by atoms with Gasteiger partial charge in [-0.15, -0.1) is 0 Å². The fraction of sp³-hybridized carbons (Fsp3) is 0.400. The van der Waals surface area contributed by atoms with E-state index >= 15 is 0 Å². The molecule has 1 atom stereocenters. The summed E-state index contributed by atoms with van der Waals surface area (Å²) in [6.07, 6.45) is 3.43. The van der Waals surface area contributed by atoms with Crippen LogP contribution in [0.4, 0.5) is 0 Å². The summed E-state index contributed by atoms with van der Waals surface area (Å²) in [5.74, 6) is 1.31. The van der Waals surface area contributed by atoms with Gasteiger partial charge in [-0.05, 0) is 18.1 Å². The standard InChI is InChI=1S/C15H18N2O2/c1-19-14-4-2-3-12-10(9-17-15(12)14)7-11-8-16-6-5-13(11)18/h2-4,9,11,16-17H,5-8H2,1H3. The van der Waals surface area contributed by atoms with E-state index in [2.05, 4.69) is 16.4 Å². The number of aromatic amines is 1. The minimum atomic E-state index is 0.0963. The van der Waals surface area contributed by atoms with Crippen LogP contribution in [0.1, 0.15) is 12.0 Å². The summed E-state index contributed by atoms with van der Waals surface area (Å²) in [5.41, 5.74) is 2.20. The zero-order chi connectivity index (χ0) is 13.2. The lowest BCUT2D eigenvalue weighted by molar-refractivity contribution is -0.123. The van der Waals surface area contributed by atoms with Crippen molar-refractivity contribution < 1.29 is 9.53 Å². The molecule has 4 heteroatoms. The van der Waals surface area contributed by atoms with Crippen molar-refractivity contribution in [2.45, 2.75) is 12.8 Å². The predicted molar refractivity (Wildman–Crippen MR) is 74.5 cm³/mol. The van der Waals surface area contributed by atoms with E-state index in [9.17, 15) is 4.79 Å². The number of hydrogen-bond donors (Lipinski definition) is 2. The summed E-state index contributed by atoms with van der Waals surface area (Å²) in [5, 5.41) is 4.44. The zero-order valence-corrected chi connectivity index (χ0v) is 11.0. The number of carbonyl (C=O) groups is 1. The minimum absolute atomic E-state index is 0.0963. The number of benzene rings is 1. The highest BCUT2D eigenvalue weighted by molar-refractivity contribution is 5.89. The molecule has 0 bridgehead atoms. The maximum absolute atomic E-state index is 11.9. The van der Waals surface area contributed by atoms with Gasteiger partial charge in [-0.1, -0.05) is 12.1 Å². The highest BCUT2D eigenvalue weighted by Crippen LogP contribution is 2.28. The molecule has 19 heavy (non-hydrogen) atoms. The van der Waals surface area contributed by atoms with E-state index in [-0.39, 0.29) is 5.92 Å². The van der Waals surface area contributed by atoms with Crippen molar-refractivity contribution in [2.24, 2.45) is 5.92 Å². The molecule has 1 aliphatic heterocycles. The molecule has 0 spiro atoms. The molecule has 1 saturated heterocycles. The molecule has 2 N–H and O–H groups in total. The van der Waals surface area contributed by atoms with Crippen molar-refractivity contribution in [2.75, 3.05) is 20.2 Å². The number of methoxy groups -OCH3 is 1. The second-order valence-electron chi connectivity index (χ2n) is 5.02. The zero-order valence-electron chi connectivity index (χ0n) is 11.0. The van der Waals surface area contributed by atoms with E-state index in [0.717, 1.165) is 36.2 Å². The Morgan fingerprint density at radius 2 is 2.32 bits per heavy atom. The topological polar surface area (TPSA) is 54.1 Å². The molecule has 3 rings (SSSR count). The van der Waals surface area contributed by atoms with Gasteiger partial charge in [-0.25, -0.2) is 0 Å². The molecule has 1 aromatic carbocycles. The van der Waals surface area contributed by atoms with Crippen molar-refractivity contribution in [3.8, 4) is 5.75 Å². The van der Waals surface area contributed by atoms with E-state index < -0.39 is 0 Å². The number of ketones is 1. The lowest BCUT2D eigenvalue weighted by atomic mass is 9.91. The van der Waals surface area contributed by atoms with Crippen LogP contribution in [0.15, 0.2) is 24.4 Å². The van der Waals surface area contributed by atoms with Crippen molar-refractivity contribution in [3.63, 3.8) is 0 Å².